The van der Waals surface area contributed by atoms with Crippen molar-refractivity contribution in [1.29, 1.82) is 0 Å². The molecule has 0 bridgehead atoms. The van der Waals surface area contributed by atoms with E-state index >= 15 is 0 Å². The van der Waals surface area contributed by atoms with E-state index in [1.165, 1.54) is 18.5 Å². The molecular weight excluding hydrogens is 226 g/mol. The van der Waals surface area contributed by atoms with E-state index in [0.717, 1.165) is 4.90 Å². The highest BCUT2D eigenvalue weighted by Crippen LogP contribution is 2.06. The van der Waals surface area contributed by atoms with Gasteiger partial charge in [-0.15, -0.1) is 0 Å². The first-order valence-corrected chi connectivity index (χ1v) is 4.69. The van der Waals surface area contributed by atoms with Crippen molar-refractivity contribution in [3.63, 3.8) is 0 Å². The molecule has 17 heavy (non-hydrogen) atoms. The Bertz CT molecular complexity index is 407. The van der Waals surface area contributed by atoms with Gasteiger partial charge in [-0.05, 0) is 6.07 Å². The summed E-state index contributed by atoms with van der Waals surface area (Å²) in [5.41, 5.74) is 0. The number of nitrogens with zero attached hydrogens (tertiary/aromatic N) is 3. The number of ether oxygens (including phenoxy) is 1. The van der Waals surface area contributed by atoms with E-state index in [4.69, 9.17) is 9.84 Å². The number of hydrogen-bond donors (Lipinski definition) is 1. The second kappa shape index (κ2) is 6.21. The molecule has 1 aromatic heterocycles. The van der Waals surface area contributed by atoms with Gasteiger partial charge in [-0.25, -0.2) is 19.7 Å². The molecule has 1 rings (SSSR count). The third-order valence-corrected chi connectivity index (χ3v) is 1.63. The van der Waals surface area contributed by atoms with Crippen molar-refractivity contribution < 1.29 is 19.4 Å². The summed E-state index contributed by atoms with van der Waals surface area (Å²) in [5.74, 6) is -1.21. The SMILES string of the molecule is C=CCOC(=O)N(CC(=O)O)c1ncccn1. The fourth-order valence-electron chi connectivity index (χ4n) is 0.991. The molecule has 0 saturated carbocycles. The molecule has 1 N–H and O–H groups in total. The summed E-state index contributed by atoms with van der Waals surface area (Å²) in [5, 5.41) is 8.69. The maximum Gasteiger partial charge on any atom is 0.417 e. The standard InChI is InChI=1S/C10H11N3O4/c1-2-6-17-10(16)13(7-8(14)15)9-11-4-3-5-12-9/h2-5H,1,6-7H2,(H,14,15). The van der Waals surface area contributed by atoms with E-state index in [2.05, 4.69) is 16.5 Å². The quantitative estimate of drug-likeness (QED) is 0.757. The lowest BCUT2D eigenvalue weighted by molar-refractivity contribution is -0.135. The van der Waals surface area contributed by atoms with Gasteiger partial charge >= 0.3 is 12.1 Å². The molecule has 7 heteroatoms. The van der Waals surface area contributed by atoms with Crippen molar-refractivity contribution in [2.24, 2.45) is 0 Å². The molecule has 0 atom stereocenters. The summed E-state index contributed by atoms with van der Waals surface area (Å²) in [6, 6.07) is 1.55. The van der Waals surface area contributed by atoms with E-state index in [1.807, 2.05) is 0 Å². The lowest BCUT2D eigenvalue weighted by atomic mass is 10.5. The fraction of sp³-hybridized carbons (Fsp3) is 0.200. The van der Waals surface area contributed by atoms with Crippen molar-refractivity contribution >= 4 is 18.0 Å². The number of carbonyl (C=O) groups is 2. The van der Waals surface area contributed by atoms with Crippen LogP contribution in [-0.2, 0) is 9.53 Å². The lowest BCUT2D eigenvalue weighted by Gasteiger charge is -2.17. The first-order chi connectivity index (χ1) is 8.15. The number of carboxylic acids is 1. The Morgan fingerprint density at radius 1 is 1.47 bits per heavy atom. The highest BCUT2D eigenvalue weighted by atomic mass is 16.6. The van der Waals surface area contributed by atoms with Gasteiger partial charge in [-0.3, -0.25) is 4.79 Å². The number of carboxylic acid groups (broad SMARTS) is 1. The van der Waals surface area contributed by atoms with E-state index in [1.54, 1.807) is 6.07 Å². The average Bonchev–Trinajstić information content (AvgIpc) is 2.34. The van der Waals surface area contributed by atoms with Crippen LogP contribution in [0.2, 0.25) is 0 Å². The van der Waals surface area contributed by atoms with Gasteiger partial charge in [0.05, 0.1) is 0 Å². The molecule has 0 fully saturated rings. The van der Waals surface area contributed by atoms with Crippen LogP contribution in [0.5, 0.6) is 0 Å². The van der Waals surface area contributed by atoms with Gasteiger partial charge in [0, 0.05) is 12.4 Å². The Morgan fingerprint density at radius 3 is 2.65 bits per heavy atom. The molecule has 1 aromatic rings. The molecule has 0 aromatic carbocycles. The second-order valence-electron chi connectivity index (χ2n) is 2.89. The van der Waals surface area contributed by atoms with Crippen LogP contribution in [0.15, 0.2) is 31.1 Å². The van der Waals surface area contributed by atoms with Crippen molar-refractivity contribution in [2.45, 2.75) is 0 Å². The summed E-state index contributed by atoms with van der Waals surface area (Å²) in [7, 11) is 0. The molecule has 90 valence electrons. The minimum Gasteiger partial charge on any atom is -0.480 e. The number of carbonyl (C=O) groups excluding carboxylic acids is 1. The van der Waals surface area contributed by atoms with Gasteiger partial charge < -0.3 is 9.84 Å². The van der Waals surface area contributed by atoms with E-state index < -0.39 is 18.6 Å². The Hall–Kier alpha value is -2.44. The first-order valence-electron chi connectivity index (χ1n) is 4.69. The molecule has 1 amide bonds. The maximum absolute atomic E-state index is 11.6. The topological polar surface area (TPSA) is 92.6 Å². The molecule has 0 aliphatic heterocycles. The summed E-state index contributed by atoms with van der Waals surface area (Å²) < 4.78 is 4.73. The van der Waals surface area contributed by atoms with Crippen molar-refractivity contribution in [3.05, 3.63) is 31.1 Å². The summed E-state index contributed by atoms with van der Waals surface area (Å²) in [6.07, 6.45) is 3.34. The normalized spacial score (nSPS) is 9.41. The van der Waals surface area contributed by atoms with Crippen LogP contribution in [0.3, 0.4) is 0 Å². The predicted octanol–water partition coefficient (Wildman–Crippen LogP) is 0.690. The predicted molar refractivity (Wildman–Crippen MR) is 58.6 cm³/mol. The van der Waals surface area contributed by atoms with Crippen LogP contribution < -0.4 is 4.90 Å². The molecule has 7 nitrogen and oxygen atoms in total. The number of aromatic nitrogens is 2. The van der Waals surface area contributed by atoms with Crippen LogP contribution in [-0.4, -0.2) is 40.3 Å². The minimum absolute atomic E-state index is 0.0121. The molecule has 0 aliphatic carbocycles. The van der Waals surface area contributed by atoms with Gasteiger partial charge in [0.15, 0.2) is 0 Å². The second-order valence-corrected chi connectivity index (χ2v) is 2.89. The summed E-state index contributed by atoms with van der Waals surface area (Å²) >= 11 is 0. The number of aliphatic carboxylic acids is 1. The Morgan fingerprint density at radius 2 is 2.12 bits per heavy atom. The van der Waals surface area contributed by atoms with Gasteiger partial charge in [0.25, 0.3) is 0 Å². The van der Waals surface area contributed by atoms with E-state index in [-0.39, 0.29) is 12.6 Å². The molecule has 0 aliphatic rings. The monoisotopic (exact) mass is 237 g/mol. The highest BCUT2D eigenvalue weighted by Gasteiger charge is 2.22. The van der Waals surface area contributed by atoms with Crippen LogP contribution in [0.4, 0.5) is 10.7 Å². The third-order valence-electron chi connectivity index (χ3n) is 1.63. The van der Waals surface area contributed by atoms with Gasteiger partial charge in [-0.2, -0.15) is 0 Å². The van der Waals surface area contributed by atoms with E-state index in [9.17, 15) is 9.59 Å². The minimum atomic E-state index is -1.19. The van der Waals surface area contributed by atoms with Crippen LogP contribution >= 0.6 is 0 Å². The molecule has 1 heterocycles. The van der Waals surface area contributed by atoms with Gasteiger partial charge in [0.2, 0.25) is 5.95 Å². The number of amides is 1. The van der Waals surface area contributed by atoms with Gasteiger partial charge in [-0.1, -0.05) is 12.7 Å². The zero-order valence-corrected chi connectivity index (χ0v) is 8.94. The number of anilines is 1. The maximum atomic E-state index is 11.6. The number of rotatable bonds is 5. The molecule has 0 unspecified atom stereocenters. The zero-order chi connectivity index (χ0) is 12.7. The molecule has 0 spiro atoms. The molecule has 0 radical (unpaired) electrons. The summed E-state index contributed by atoms with van der Waals surface area (Å²) in [4.78, 5) is 30.6. The Balaban J connectivity index is 2.84. The zero-order valence-electron chi connectivity index (χ0n) is 8.94. The van der Waals surface area contributed by atoms with Crippen molar-refractivity contribution in [2.75, 3.05) is 18.1 Å². The van der Waals surface area contributed by atoms with Crippen LogP contribution in [0, 0.1) is 0 Å². The largest absolute Gasteiger partial charge is 0.480 e. The van der Waals surface area contributed by atoms with Crippen LogP contribution in [0.25, 0.3) is 0 Å². The average molecular weight is 237 g/mol. The van der Waals surface area contributed by atoms with E-state index in [0.29, 0.717) is 0 Å². The molecular formula is C10H11N3O4. The highest BCUT2D eigenvalue weighted by molar-refractivity contribution is 5.91. The third kappa shape index (κ3) is 3.90. The van der Waals surface area contributed by atoms with Crippen molar-refractivity contribution in [3.8, 4) is 0 Å². The van der Waals surface area contributed by atoms with Crippen molar-refractivity contribution in [1.82, 2.24) is 9.97 Å². The first kappa shape index (κ1) is 12.6. The lowest BCUT2D eigenvalue weighted by Crippen LogP contribution is -2.37. The summed E-state index contributed by atoms with van der Waals surface area (Å²) in [6.45, 7) is 2.80. The Labute approximate surface area is 97.4 Å². The fourth-order valence-corrected chi connectivity index (χ4v) is 0.991. The smallest absolute Gasteiger partial charge is 0.417 e. The Kier molecular flexibility index (Phi) is 4.61. The van der Waals surface area contributed by atoms with Gasteiger partial charge in [0.1, 0.15) is 13.2 Å². The van der Waals surface area contributed by atoms with Crippen LogP contribution in [0.1, 0.15) is 0 Å². The number of hydrogen-bond acceptors (Lipinski definition) is 5. The molecule has 0 saturated heterocycles.